The molecule has 2 aromatic heterocycles. The Morgan fingerprint density at radius 2 is 1.95 bits per heavy atom. The Kier molecular flexibility index (Phi) is 2.84. The molecule has 0 atom stereocenters. The number of aryl methyl sites for hydroxylation is 2. The molecule has 0 radical (unpaired) electrons. The van der Waals surface area contributed by atoms with Gasteiger partial charge in [-0.3, -0.25) is 0 Å². The van der Waals surface area contributed by atoms with Crippen molar-refractivity contribution in [2.45, 2.75) is 25.7 Å². The third-order valence-electron chi connectivity index (χ3n) is 4.08. The predicted molar refractivity (Wildman–Crippen MR) is 80.3 cm³/mol. The first-order valence-electron chi connectivity index (χ1n) is 7.21. The van der Waals surface area contributed by atoms with E-state index >= 15 is 0 Å². The fraction of sp³-hybridized carbons (Fsp3) is 0.312. The maximum absolute atomic E-state index is 5.57. The summed E-state index contributed by atoms with van der Waals surface area (Å²) in [6, 6.07) is 4.36. The van der Waals surface area contributed by atoms with Crippen LogP contribution in [0, 0.1) is 0 Å². The Hall–Kier alpha value is -2.43. The molecule has 0 bridgehead atoms. The van der Waals surface area contributed by atoms with Crippen molar-refractivity contribution in [2.75, 3.05) is 7.11 Å². The first kappa shape index (κ1) is 12.3. The maximum atomic E-state index is 5.57. The van der Waals surface area contributed by atoms with E-state index in [0.717, 1.165) is 41.1 Å². The first-order chi connectivity index (χ1) is 10.3. The van der Waals surface area contributed by atoms with Crippen molar-refractivity contribution in [3.8, 4) is 17.1 Å². The lowest BCUT2D eigenvalue weighted by Crippen LogP contribution is -2.04. The summed E-state index contributed by atoms with van der Waals surface area (Å²) in [6.45, 7) is 0. The normalized spacial score (nSPS) is 14.1. The third-order valence-corrected chi connectivity index (χ3v) is 4.08. The van der Waals surface area contributed by atoms with E-state index in [1.165, 1.54) is 30.3 Å². The second-order valence-corrected chi connectivity index (χ2v) is 5.37. The summed E-state index contributed by atoms with van der Waals surface area (Å²) < 4.78 is 5.57. The number of aromatic amines is 1. The Morgan fingerprint density at radius 3 is 2.71 bits per heavy atom. The van der Waals surface area contributed by atoms with Gasteiger partial charge in [-0.15, -0.1) is 0 Å². The van der Waals surface area contributed by atoms with Gasteiger partial charge in [-0.05, 0) is 48.9 Å². The van der Waals surface area contributed by atoms with Crippen LogP contribution in [0.5, 0.6) is 5.75 Å². The van der Waals surface area contributed by atoms with Gasteiger partial charge in [0.25, 0.3) is 0 Å². The lowest BCUT2D eigenvalue weighted by molar-refractivity contribution is 0.415. The summed E-state index contributed by atoms with van der Waals surface area (Å²) in [7, 11) is 1.70. The average Bonchev–Trinajstić information content (AvgIpc) is 2.97. The maximum Gasteiger partial charge on any atom is 0.161 e. The van der Waals surface area contributed by atoms with Crippen LogP contribution >= 0.6 is 0 Å². The zero-order chi connectivity index (χ0) is 14.2. The van der Waals surface area contributed by atoms with E-state index in [9.17, 15) is 0 Å². The van der Waals surface area contributed by atoms with Gasteiger partial charge in [0.15, 0.2) is 5.65 Å². The van der Waals surface area contributed by atoms with Crippen LogP contribution in [-0.4, -0.2) is 27.0 Å². The number of hydrogen-bond donors (Lipinski definition) is 1. The van der Waals surface area contributed by atoms with Gasteiger partial charge in [0.2, 0.25) is 0 Å². The number of fused-ring (bicyclic) bond motifs is 2. The van der Waals surface area contributed by atoms with E-state index in [-0.39, 0.29) is 0 Å². The summed E-state index contributed by atoms with van der Waals surface area (Å²) in [5, 5.41) is 0. The second kappa shape index (κ2) is 4.84. The number of nitrogens with one attached hydrogen (secondary N) is 1. The minimum absolute atomic E-state index is 0.750. The fourth-order valence-corrected chi connectivity index (χ4v) is 3.01. The number of imidazole rings is 1. The molecule has 5 heteroatoms. The lowest BCUT2D eigenvalue weighted by atomic mass is 9.90. The van der Waals surface area contributed by atoms with Crippen molar-refractivity contribution in [1.82, 2.24) is 19.9 Å². The van der Waals surface area contributed by atoms with Crippen LogP contribution in [0.3, 0.4) is 0 Å². The van der Waals surface area contributed by atoms with E-state index in [4.69, 9.17) is 4.74 Å². The van der Waals surface area contributed by atoms with Crippen LogP contribution in [-0.2, 0) is 12.8 Å². The van der Waals surface area contributed by atoms with Crippen LogP contribution in [0.25, 0.3) is 22.6 Å². The van der Waals surface area contributed by atoms with Crippen LogP contribution in [0.15, 0.2) is 24.7 Å². The largest absolute Gasteiger partial charge is 0.496 e. The Balaban J connectivity index is 1.89. The Labute approximate surface area is 122 Å². The molecule has 2 heterocycles. The van der Waals surface area contributed by atoms with E-state index in [1.807, 2.05) is 0 Å². The molecule has 5 nitrogen and oxygen atoms in total. The zero-order valence-corrected chi connectivity index (χ0v) is 11.9. The highest BCUT2D eigenvalue weighted by molar-refractivity contribution is 5.77. The lowest BCUT2D eigenvalue weighted by Gasteiger charge is -2.18. The summed E-state index contributed by atoms with van der Waals surface area (Å²) in [5.41, 5.74) is 5.32. The number of methoxy groups -OCH3 is 1. The van der Waals surface area contributed by atoms with Gasteiger partial charge >= 0.3 is 0 Å². The van der Waals surface area contributed by atoms with Gasteiger partial charge in [0.1, 0.15) is 23.4 Å². The van der Waals surface area contributed by atoms with Crippen LogP contribution < -0.4 is 4.74 Å². The molecule has 1 aromatic carbocycles. The SMILES string of the molecule is COc1cc2c(cc1-c1nc3cncnc3[nH]1)CCCC2. The molecule has 0 amide bonds. The molecule has 106 valence electrons. The molecule has 3 aromatic rings. The first-order valence-corrected chi connectivity index (χ1v) is 7.21. The molecule has 1 N–H and O–H groups in total. The molecule has 0 spiro atoms. The molecule has 0 fully saturated rings. The monoisotopic (exact) mass is 280 g/mol. The highest BCUT2D eigenvalue weighted by Gasteiger charge is 2.17. The molecule has 0 saturated heterocycles. The van der Waals surface area contributed by atoms with Crippen molar-refractivity contribution in [3.63, 3.8) is 0 Å². The molecule has 21 heavy (non-hydrogen) atoms. The van der Waals surface area contributed by atoms with Gasteiger partial charge in [-0.2, -0.15) is 0 Å². The summed E-state index contributed by atoms with van der Waals surface area (Å²) in [6.07, 6.45) is 8.02. The van der Waals surface area contributed by atoms with E-state index in [0.29, 0.717) is 0 Å². The van der Waals surface area contributed by atoms with Gasteiger partial charge < -0.3 is 9.72 Å². The quantitative estimate of drug-likeness (QED) is 0.784. The van der Waals surface area contributed by atoms with Crippen molar-refractivity contribution in [2.24, 2.45) is 0 Å². The number of hydrogen-bond acceptors (Lipinski definition) is 4. The summed E-state index contributed by atoms with van der Waals surface area (Å²) in [5.74, 6) is 1.65. The Bertz CT molecular complexity index is 776. The minimum Gasteiger partial charge on any atom is -0.496 e. The topological polar surface area (TPSA) is 63.7 Å². The molecular weight excluding hydrogens is 264 g/mol. The number of benzene rings is 1. The predicted octanol–water partition coefficient (Wildman–Crippen LogP) is 2.91. The highest BCUT2D eigenvalue weighted by Crippen LogP contribution is 2.34. The zero-order valence-electron chi connectivity index (χ0n) is 11.9. The third kappa shape index (κ3) is 2.05. The van der Waals surface area contributed by atoms with Gasteiger partial charge in [0, 0.05) is 0 Å². The molecule has 0 unspecified atom stereocenters. The van der Waals surface area contributed by atoms with Crippen molar-refractivity contribution < 1.29 is 4.74 Å². The van der Waals surface area contributed by atoms with Crippen molar-refractivity contribution in [3.05, 3.63) is 35.8 Å². The smallest absolute Gasteiger partial charge is 0.161 e. The van der Waals surface area contributed by atoms with Crippen LogP contribution in [0.1, 0.15) is 24.0 Å². The molecule has 4 rings (SSSR count). The Morgan fingerprint density at radius 1 is 1.14 bits per heavy atom. The molecule has 1 aliphatic rings. The number of rotatable bonds is 2. The molecule has 0 aliphatic heterocycles. The number of aromatic nitrogens is 4. The number of H-pyrrole nitrogens is 1. The van der Waals surface area contributed by atoms with E-state index in [1.54, 1.807) is 13.3 Å². The molecule has 1 aliphatic carbocycles. The number of nitrogens with zero attached hydrogens (tertiary/aromatic N) is 3. The van der Waals surface area contributed by atoms with E-state index < -0.39 is 0 Å². The summed E-state index contributed by atoms with van der Waals surface area (Å²) in [4.78, 5) is 16.0. The second-order valence-electron chi connectivity index (χ2n) is 5.37. The standard InChI is InChI=1S/C16H16N4O/c1-21-14-7-11-5-3-2-4-10(11)6-12(14)15-19-13-8-17-9-18-16(13)20-15/h6-9H,2-5H2,1H3,(H,17,18,19,20). The van der Waals surface area contributed by atoms with E-state index in [2.05, 4.69) is 32.1 Å². The van der Waals surface area contributed by atoms with Crippen molar-refractivity contribution >= 4 is 11.2 Å². The van der Waals surface area contributed by atoms with Gasteiger partial charge in [0.05, 0.1) is 18.9 Å². The molecular formula is C16H16N4O. The van der Waals surface area contributed by atoms with Gasteiger partial charge in [-0.1, -0.05) is 0 Å². The minimum atomic E-state index is 0.750. The van der Waals surface area contributed by atoms with Gasteiger partial charge in [-0.25, -0.2) is 15.0 Å². The fourth-order valence-electron chi connectivity index (χ4n) is 3.01. The van der Waals surface area contributed by atoms with Crippen LogP contribution in [0.2, 0.25) is 0 Å². The molecule has 0 saturated carbocycles. The van der Waals surface area contributed by atoms with Crippen LogP contribution in [0.4, 0.5) is 0 Å². The van der Waals surface area contributed by atoms with Crippen molar-refractivity contribution in [1.29, 1.82) is 0 Å². The average molecular weight is 280 g/mol. The summed E-state index contributed by atoms with van der Waals surface area (Å²) >= 11 is 0. The highest BCUT2D eigenvalue weighted by atomic mass is 16.5. The number of ether oxygens (including phenoxy) is 1.